The van der Waals surface area contributed by atoms with Gasteiger partial charge in [0.1, 0.15) is 21.8 Å². The number of rotatable bonds is 4. The van der Waals surface area contributed by atoms with Crippen molar-refractivity contribution in [2.75, 3.05) is 18.4 Å². The summed E-state index contributed by atoms with van der Waals surface area (Å²) in [4.78, 5) is 33.3. The molecule has 0 aliphatic carbocycles. The molecule has 0 aromatic carbocycles. The molecule has 1 fully saturated rings. The van der Waals surface area contributed by atoms with Gasteiger partial charge in [-0.25, -0.2) is 19.4 Å². The van der Waals surface area contributed by atoms with Crippen molar-refractivity contribution in [3.63, 3.8) is 0 Å². The number of carboxylic acid groups (broad SMARTS) is 1. The highest BCUT2D eigenvalue weighted by molar-refractivity contribution is 9.10. The van der Waals surface area contributed by atoms with Gasteiger partial charge in [-0.05, 0) is 53.0 Å². The van der Waals surface area contributed by atoms with E-state index in [1.165, 1.54) is 4.90 Å². The predicted octanol–water partition coefficient (Wildman–Crippen LogP) is 3.06. The Bertz CT molecular complexity index is 1070. The van der Waals surface area contributed by atoms with Crippen molar-refractivity contribution in [3.8, 4) is 11.3 Å². The number of carbonyl (C=O) groups excluding carboxylic acids is 1. The van der Waals surface area contributed by atoms with E-state index in [0.29, 0.717) is 29.2 Å². The minimum atomic E-state index is -0.917. The average Bonchev–Trinajstić information content (AvgIpc) is 3.25. The van der Waals surface area contributed by atoms with Crippen LogP contribution in [0.1, 0.15) is 29.4 Å². The highest BCUT2D eigenvalue weighted by Crippen LogP contribution is 2.23. The molecule has 0 saturated carbocycles. The van der Waals surface area contributed by atoms with Crippen LogP contribution in [0.25, 0.3) is 11.3 Å². The molecule has 4 heterocycles. The van der Waals surface area contributed by atoms with Gasteiger partial charge in [0.15, 0.2) is 0 Å². The molecule has 2 amide bonds. The highest BCUT2D eigenvalue weighted by atomic mass is 79.9. The number of aromatic nitrogens is 5. The quantitative estimate of drug-likeness (QED) is 0.559. The Kier molecular flexibility index (Phi) is 5.70. The molecule has 11 heteroatoms. The number of piperidine rings is 1. The van der Waals surface area contributed by atoms with E-state index >= 15 is 0 Å². The van der Waals surface area contributed by atoms with Gasteiger partial charge in [0.25, 0.3) is 5.91 Å². The van der Waals surface area contributed by atoms with Crippen molar-refractivity contribution < 1.29 is 14.7 Å². The van der Waals surface area contributed by atoms with Gasteiger partial charge in [-0.1, -0.05) is 11.3 Å². The fourth-order valence-electron chi connectivity index (χ4n) is 3.27. The molecule has 4 rings (SSSR count). The molecular weight excluding hydrogens is 454 g/mol. The molecule has 1 aliphatic rings. The van der Waals surface area contributed by atoms with Gasteiger partial charge >= 0.3 is 6.09 Å². The zero-order valence-electron chi connectivity index (χ0n) is 15.8. The van der Waals surface area contributed by atoms with Crippen molar-refractivity contribution in [2.45, 2.75) is 18.9 Å². The molecule has 3 aromatic rings. The minimum absolute atomic E-state index is 0.0414. The lowest BCUT2D eigenvalue weighted by molar-refractivity contribution is 0.102. The standard InChI is InChI=1S/C19H18BrN7O3/c20-16-5-1-4-14(22-16)18(28)23-17-7-6-12(9-21-17)15-11-27(25-24-15)13-3-2-8-26(10-13)19(29)30/h1,4-7,9,11,13H,2-3,8,10H2,(H,29,30)(H,21,23,28)/t13-/m0/s1. The first-order chi connectivity index (χ1) is 14.5. The average molecular weight is 472 g/mol. The van der Waals surface area contributed by atoms with Gasteiger partial charge in [0.2, 0.25) is 0 Å². The maximum absolute atomic E-state index is 12.3. The van der Waals surface area contributed by atoms with E-state index in [-0.39, 0.29) is 17.6 Å². The van der Waals surface area contributed by atoms with E-state index in [9.17, 15) is 14.7 Å². The summed E-state index contributed by atoms with van der Waals surface area (Å²) >= 11 is 3.24. The van der Waals surface area contributed by atoms with Crippen molar-refractivity contribution in [1.82, 2.24) is 29.9 Å². The zero-order chi connectivity index (χ0) is 21.1. The molecule has 0 unspecified atom stereocenters. The first-order valence-corrected chi connectivity index (χ1v) is 10.1. The number of pyridine rings is 2. The molecule has 3 aromatic heterocycles. The van der Waals surface area contributed by atoms with E-state index < -0.39 is 6.09 Å². The Balaban J connectivity index is 1.43. The number of hydrogen-bond acceptors (Lipinski definition) is 6. The van der Waals surface area contributed by atoms with Crippen LogP contribution in [0.2, 0.25) is 0 Å². The van der Waals surface area contributed by atoms with E-state index in [1.54, 1.807) is 47.4 Å². The summed E-state index contributed by atoms with van der Waals surface area (Å²) in [7, 11) is 0. The van der Waals surface area contributed by atoms with Crippen molar-refractivity contribution in [3.05, 3.63) is 53.0 Å². The fraction of sp³-hybridized carbons (Fsp3) is 0.263. The summed E-state index contributed by atoms with van der Waals surface area (Å²) in [6.45, 7) is 0.935. The number of nitrogens with zero attached hydrogens (tertiary/aromatic N) is 6. The summed E-state index contributed by atoms with van der Waals surface area (Å²) in [6.07, 6.45) is 4.10. The molecule has 10 nitrogen and oxygen atoms in total. The highest BCUT2D eigenvalue weighted by Gasteiger charge is 2.25. The number of carbonyl (C=O) groups is 2. The van der Waals surface area contributed by atoms with Crippen LogP contribution in [0.4, 0.5) is 10.6 Å². The Morgan fingerprint density at radius 2 is 2.10 bits per heavy atom. The fourth-order valence-corrected chi connectivity index (χ4v) is 3.61. The van der Waals surface area contributed by atoms with Crippen molar-refractivity contribution in [2.24, 2.45) is 0 Å². The summed E-state index contributed by atoms with van der Waals surface area (Å²) in [5, 5.41) is 20.2. The largest absolute Gasteiger partial charge is 0.465 e. The summed E-state index contributed by atoms with van der Waals surface area (Å²) in [5.74, 6) is 0.0325. The van der Waals surface area contributed by atoms with Crippen LogP contribution in [0.5, 0.6) is 0 Å². The van der Waals surface area contributed by atoms with Crippen LogP contribution in [0, 0.1) is 0 Å². The number of anilines is 1. The normalized spacial score (nSPS) is 16.3. The molecule has 1 atom stereocenters. The lowest BCUT2D eigenvalue weighted by Crippen LogP contribution is -2.40. The van der Waals surface area contributed by atoms with Crippen LogP contribution in [-0.4, -0.2) is 60.1 Å². The van der Waals surface area contributed by atoms with Crippen LogP contribution >= 0.6 is 15.9 Å². The second-order valence-electron chi connectivity index (χ2n) is 6.84. The van der Waals surface area contributed by atoms with Gasteiger partial charge in [-0.15, -0.1) is 5.10 Å². The SMILES string of the molecule is O=C(Nc1ccc(-c2cn([C@H]3CCCN(C(=O)O)C3)nn2)cn1)c1cccc(Br)n1. The van der Waals surface area contributed by atoms with Crippen molar-refractivity contribution in [1.29, 1.82) is 0 Å². The minimum Gasteiger partial charge on any atom is -0.465 e. The first-order valence-electron chi connectivity index (χ1n) is 9.29. The third-order valence-electron chi connectivity index (χ3n) is 4.80. The summed E-state index contributed by atoms with van der Waals surface area (Å²) < 4.78 is 2.28. The van der Waals surface area contributed by atoms with Crippen molar-refractivity contribution >= 4 is 33.7 Å². The van der Waals surface area contributed by atoms with Crippen LogP contribution in [-0.2, 0) is 0 Å². The number of hydrogen-bond donors (Lipinski definition) is 2. The second-order valence-corrected chi connectivity index (χ2v) is 7.65. The van der Waals surface area contributed by atoms with Gasteiger partial charge in [-0.2, -0.15) is 0 Å². The first kappa shape index (κ1) is 20.0. The Morgan fingerprint density at radius 1 is 1.23 bits per heavy atom. The maximum Gasteiger partial charge on any atom is 0.407 e. The molecule has 1 saturated heterocycles. The monoisotopic (exact) mass is 471 g/mol. The lowest BCUT2D eigenvalue weighted by atomic mass is 10.1. The summed E-state index contributed by atoms with van der Waals surface area (Å²) in [6, 6.07) is 8.51. The van der Waals surface area contributed by atoms with E-state index in [4.69, 9.17) is 0 Å². The second kappa shape index (κ2) is 8.57. The molecular formula is C19H18BrN7O3. The van der Waals surface area contributed by atoms with Gasteiger partial charge in [-0.3, -0.25) is 4.79 Å². The van der Waals surface area contributed by atoms with Crippen LogP contribution < -0.4 is 5.32 Å². The number of amides is 2. The molecule has 30 heavy (non-hydrogen) atoms. The number of nitrogens with one attached hydrogen (secondary N) is 1. The third-order valence-corrected chi connectivity index (χ3v) is 5.24. The number of halogens is 1. The lowest BCUT2D eigenvalue weighted by Gasteiger charge is -2.30. The third kappa shape index (κ3) is 4.46. The van der Waals surface area contributed by atoms with Crippen LogP contribution in [0.15, 0.2) is 47.3 Å². The van der Waals surface area contributed by atoms with Gasteiger partial charge in [0.05, 0.1) is 12.2 Å². The summed E-state index contributed by atoms with van der Waals surface area (Å²) in [5.41, 5.74) is 1.65. The molecule has 1 aliphatic heterocycles. The predicted molar refractivity (Wildman–Crippen MR) is 111 cm³/mol. The smallest absolute Gasteiger partial charge is 0.407 e. The van der Waals surface area contributed by atoms with E-state index in [1.807, 2.05) is 0 Å². The maximum atomic E-state index is 12.3. The van der Waals surface area contributed by atoms with Gasteiger partial charge in [0, 0.05) is 24.8 Å². The molecule has 2 N–H and O–H groups in total. The Labute approximate surface area is 180 Å². The Hall–Kier alpha value is -3.34. The zero-order valence-corrected chi connectivity index (χ0v) is 17.4. The van der Waals surface area contributed by atoms with Gasteiger partial charge < -0.3 is 15.3 Å². The molecule has 0 spiro atoms. The van der Waals surface area contributed by atoms with E-state index in [0.717, 1.165) is 18.4 Å². The topological polar surface area (TPSA) is 126 Å². The van der Waals surface area contributed by atoms with Crippen LogP contribution in [0.3, 0.4) is 0 Å². The molecule has 154 valence electrons. The molecule has 0 bridgehead atoms. The van der Waals surface area contributed by atoms with E-state index in [2.05, 4.69) is 41.5 Å². The Morgan fingerprint density at radius 3 is 2.83 bits per heavy atom. The number of likely N-dealkylation sites (tertiary alicyclic amines) is 1. The molecule has 0 radical (unpaired) electrons.